The second-order valence-electron chi connectivity index (χ2n) is 7.55. The number of carbonyl (C=O) groups is 2. The summed E-state index contributed by atoms with van der Waals surface area (Å²) < 4.78 is 0. The molecule has 0 radical (unpaired) electrons. The van der Waals surface area contributed by atoms with Crippen molar-refractivity contribution < 1.29 is 9.59 Å². The molecule has 5 nitrogen and oxygen atoms in total. The lowest BCUT2D eigenvalue weighted by molar-refractivity contribution is -0.125. The zero-order valence-corrected chi connectivity index (χ0v) is 17.4. The lowest BCUT2D eigenvalue weighted by atomic mass is 9.95. The van der Waals surface area contributed by atoms with E-state index in [2.05, 4.69) is 41.9 Å². The molecule has 0 aromatic heterocycles. The van der Waals surface area contributed by atoms with Gasteiger partial charge in [-0.2, -0.15) is 0 Å². The quantitative estimate of drug-likeness (QED) is 0.652. The first-order chi connectivity index (χ1) is 13.3. The Hall–Kier alpha value is -2.66. The van der Waals surface area contributed by atoms with E-state index in [0.29, 0.717) is 5.92 Å². The lowest BCUT2D eigenvalue weighted by Gasteiger charge is -2.26. The zero-order valence-electron chi connectivity index (χ0n) is 17.4. The SMILES string of the molecule is Cc1cccc(C)c1NC(=O)CNC(=O)[C@@H](C)N[C@@H](c1ccccc1)C(C)C. The van der Waals surface area contributed by atoms with Gasteiger partial charge in [-0.25, -0.2) is 0 Å². The summed E-state index contributed by atoms with van der Waals surface area (Å²) in [6, 6.07) is 15.6. The molecule has 0 saturated heterocycles. The van der Waals surface area contributed by atoms with E-state index in [0.717, 1.165) is 22.4 Å². The number of nitrogens with one attached hydrogen (secondary N) is 3. The molecular formula is C23H31N3O2. The highest BCUT2D eigenvalue weighted by atomic mass is 16.2. The van der Waals surface area contributed by atoms with Gasteiger partial charge in [-0.3, -0.25) is 14.9 Å². The van der Waals surface area contributed by atoms with Crippen LogP contribution in [0.1, 0.15) is 43.5 Å². The predicted molar refractivity (Wildman–Crippen MR) is 114 cm³/mol. The molecule has 0 aliphatic carbocycles. The predicted octanol–water partition coefficient (Wildman–Crippen LogP) is 3.73. The first kappa shape index (κ1) is 21.6. The molecule has 0 bridgehead atoms. The molecule has 0 spiro atoms. The number of para-hydroxylation sites is 1. The van der Waals surface area contributed by atoms with E-state index in [1.54, 1.807) is 0 Å². The highest BCUT2D eigenvalue weighted by molar-refractivity contribution is 5.96. The van der Waals surface area contributed by atoms with Crippen LogP contribution in [0.5, 0.6) is 0 Å². The topological polar surface area (TPSA) is 70.2 Å². The first-order valence-corrected chi connectivity index (χ1v) is 9.74. The molecule has 0 heterocycles. The van der Waals surface area contributed by atoms with Crippen LogP contribution < -0.4 is 16.0 Å². The van der Waals surface area contributed by atoms with Gasteiger partial charge in [0.05, 0.1) is 12.6 Å². The van der Waals surface area contributed by atoms with Gasteiger partial charge in [0.1, 0.15) is 0 Å². The maximum Gasteiger partial charge on any atom is 0.243 e. The second-order valence-corrected chi connectivity index (χ2v) is 7.55. The van der Waals surface area contributed by atoms with Gasteiger partial charge in [0.15, 0.2) is 0 Å². The Morgan fingerprint density at radius 2 is 1.50 bits per heavy atom. The molecule has 3 N–H and O–H groups in total. The van der Waals surface area contributed by atoms with Gasteiger partial charge in [0.2, 0.25) is 11.8 Å². The van der Waals surface area contributed by atoms with E-state index in [4.69, 9.17) is 0 Å². The van der Waals surface area contributed by atoms with E-state index in [1.807, 2.05) is 57.2 Å². The van der Waals surface area contributed by atoms with Crippen molar-refractivity contribution >= 4 is 17.5 Å². The number of hydrogen-bond donors (Lipinski definition) is 3. The van der Waals surface area contributed by atoms with Crippen LogP contribution in [0, 0.1) is 19.8 Å². The van der Waals surface area contributed by atoms with Gasteiger partial charge in [-0.1, -0.05) is 62.4 Å². The van der Waals surface area contributed by atoms with E-state index in [1.165, 1.54) is 0 Å². The number of anilines is 1. The minimum atomic E-state index is -0.416. The molecule has 2 atom stereocenters. The van der Waals surface area contributed by atoms with Crippen LogP contribution in [-0.4, -0.2) is 24.4 Å². The Kier molecular flexibility index (Phi) is 7.76. The normalized spacial score (nSPS) is 13.1. The summed E-state index contributed by atoms with van der Waals surface area (Å²) in [6.45, 7) is 9.89. The molecular weight excluding hydrogens is 350 g/mol. The van der Waals surface area contributed by atoms with Crippen molar-refractivity contribution in [2.45, 2.75) is 46.7 Å². The molecule has 2 aromatic rings. The maximum atomic E-state index is 12.5. The average Bonchev–Trinajstić information content (AvgIpc) is 2.67. The Balaban J connectivity index is 1.90. The van der Waals surface area contributed by atoms with Gasteiger partial charge in [0, 0.05) is 11.7 Å². The minimum Gasteiger partial charge on any atom is -0.346 e. The third-order valence-electron chi connectivity index (χ3n) is 4.82. The van der Waals surface area contributed by atoms with Crippen molar-refractivity contribution in [3.05, 3.63) is 65.2 Å². The Morgan fingerprint density at radius 3 is 2.07 bits per heavy atom. The fourth-order valence-corrected chi connectivity index (χ4v) is 3.19. The molecule has 0 aliphatic rings. The van der Waals surface area contributed by atoms with Crippen LogP contribution in [0.2, 0.25) is 0 Å². The molecule has 5 heteroatoms. The van der Waals surface area contributed by atoms with Crippen LogP contribution in [0.15, 0.2) is 48.5 Å². The number of carbonyl (C=O) groups excluding carboxylic acids is 2. The fraction of sp³-hybridized carbons (Fsp3) is 0.391. The lowest BCUT2D eigenvalue weighted by Crippen LogP contribution is -2.46. The maximum absolute atomic E-state index is 12.5. The number of benzene rings is 2. The van der Waals surface area contributed by atoms with E-state index in [9.17, 15) is 9.59 Å². The molecule has 2 rings (SSSR count). The van der Waals surface area contributed by atoms with Crippen molar-refractivity contribution in [1.82, 2.24) is 10.6 Å². The Morgan fingerprint density at radius 1 is 0.893 bits per heavy atom. The summed E-state index contributed by atoms with van der Waals surface area (Å²) in [4.78, 5) is 24.7. The Bertz CT molecular complexity index is 782. The summed E-state index contributed by atoms with van der Waals surface area (Å²) in [5.41, 5.74) is 3.94. The van der Waals surface area contributed by atoms with Crippen LogP contribution in [0.25, 0.3) is 0 Å². The minimum absolute atomic E-state index is 0.0592. The van der Waals surface area contributed by atoms with Crippen molar-refractivity contribution in [2.24, 2.45) is 5.92 Å². The molecule has 2 amide bonds. The molecule has 0 aliphatic heterocycles. The number of amides is 2. The van der Waals surface area contributed by atoms with Crippen molar-refractivity contribution in [3.8, 4) is 0 Å². The largest absolute Gasteiger partial charge is 0.346 e. The molecule has 0 fully saturated rings. The van der Waals surface area contributed by atoms with Crippen molar-refractivity contribution in [1.29, 1.82) is 0 Å². The zero-order chi connectivity index (χ0) is 20.7. The van der Waals surface area contributed by atoms with Crippen molar-refractivity contribution in [2.75, 3.05) is 11.9 Å². The first-order valence-electron chi connectivity index (χ1n) is 9.74. The van der Waals surface area contributed by atoms with Gasteiger partial charge < -0.3 is 10.6 Å². The summed E-state index contributed by atoms with van der Waals surface area (Å²) in [7, 11) is 0. The Labute approximate surface area is 167 Å². The monoisotopic (exact) mass is 381 g/mol. The molecule has 2 aromatic carbocycles. The van der Waals surface area contributed by atoms with Crippen molar-refractivity contribution in [3.63, 3.8) is 0 Å². The highest BCUT2D eigenvalue weighted by Gasteiger charge is 2.22. The standard InChI is InChI=1S/C23H31N3O2/c1-15(2)21(19-12-7-6-8-13-19)25-18(5)23(28)24-14-20(27)26-22-16(3)10-9-11-17(22)4/h6-13,15,18,21,25H,14H2,1-5H3,(H,24,28)(H,26,27)/t18-,21-/m1/s1. The van der Waals surface area contributed by atoms with Crippen LogP contribution in [0.4, 0.5) is 5.69 Å². The molecule has 28 heavy (non-hydrogen) atoms. The third-order valence-corrected chi connectivity index (χ3v) is 4.82. The number of hydrogen-bond acceptors (Lipinski definition) is 3. The highest BCUT2D eigenvalue weighted by Crippen LogP contribution is 2.22. The molecule has 0 saturated carbocycles. The van der Waals surface area contributed by atoms with Crippen LogP contribution in [0.3, 0.4) is 0 Å². The van der Waals surface area contributed by atoms with Gasteiger partial charge in [0.25, 0.3) is 0 Å². The summed E-state index contributed by atoms with van der Waals surface area (Å²) in [6.07, 6.45) is 0. The average molecular weight is 382 g/mol. The second kappa shape index (κ2) is 10.0. The summed E-state index contributed by atoms with van der Waals surface area (Å²) in [5.74, 6) is -0.107. The van der Waals surface area contributed by atoms with E-state index < -0.39 is 6.04 Å². The third kappa shape index (κ3) is 5.92. The molecule has 0 unspecified atom stereocenters. The smallest absolute Gasteiger partial charge is 0.243 e. The van der Waals surface area contributed by atoms with Crippen LogP contribution in [-0.2, 0) is 9.59 Å². The van der Waals surface area contributed by atoms with Gasteiger partial charge in [-0.05, 0) is 43.4 Å². The number of rotatable bonds is 8. The van der Waals surface area contributed by atoms with E-state index >= 15 is 0 Å². The number of aryl methyl sites for hydroxylation is 2. The van der Waals surface area contributed by atoms with E-state index in [-0.39, 0.29) is 24.4 Å². The van der Waals surface area contributed by atoms with Gasteiger partial charge in [-0.15, -0.1) is 0 Å². The van der Waals surface area contributed by atoms with Crippen LogP contribution >= 0.6 is 0 Å². The molecule has 150 valence electrons. The van der Waals surface area contributed by atoms with Gasteiger partial charge >= 0.3 is 0 Å². The summed E-state index contributed by atoms with van der Waals surface area (Å²) >= 11 is 0. The fourth-order valence-electron chi connectivity index (χ4n) is 3.19. The summed E-state index contributed by atoms with van der Waals surface area (Å²) in [5, 5.41) is 8.99.